The third-order valence-electron chi connectivity index (χ3n) is 1.97. The maximum Gasteiger partial charge on any atom is 0.355 e. The van der Waals surface area contributed by atoms with E-state index in [1.165, 1.54) is 18.2 Å². The Kier molecular flexibility index (Phi) is 3.33. The van der Waals surface area contributed by atoms with E-state index in [0.717, 1.165) is 12.1 Å². The molecule has 0 unspecified atom stereocenters. The Balaban J connectivity index is 2.17. The number of ether oxygens (including phenoxy) is 1. The van der Waals surface area contributed by atoms with E-state index in [-0.39, 0.29) is 16.3 Å². The van der Waals surface area contributed by atoms with Crippen molar-refractivity contribution in [2.24, 2.45) is 0 Å². The van der Waals surface area contributed by atoms with Crippen LogP contribution in [-0.2, 0) is 0 Å². The minimum absolute atomic E-state index is 0.00402. The first-order chi connectivity index (χ1) is 8.58. The summed E-state index contributed by atoms with van der Waals surface area (Å²) in [6.07, 6.45) is 0. The van der Waals surface area contributed by atoms with Crippen LogP contribution in [-0.4, -0.2) is 21.4 Å². The summed E-state index contributed by atoms with van der Waals surface area (Å²) >= 11 is 0.683. The first-order valence-electron chi connectivity index (χ1n) is 4.74. The van der Waals surface area contributed by atoms with Crippen LogP contribution in [0.4, 0.5) is 4.39 Å². The molecule has 7 heteroatoms. The van der Waals surface area contributed by atoms with Crippen molar-refractivity contribution in [3.8, 4) is 5.75 Å². The SMILES string of the molecule is O=C(O)c1cc(C(=O)Oc2ccccc2F)sn1. The zero-order valence-electron chi connectivity index (χ0n) is 8.79. The van der Waals surface area contributed by atoms with Gasteiger partial charge in [0.1, 0.15) is 4.88 Å². The Morgan fingerprint density at radius 3 is 2.67 bits per heavy atom. The summed E-state index contributed by atoms with van der Waals surface area (Å²) in [6, 6.07) is 6.50. The topological polar surface area (TPSA) is 76.5 Å². The van der Waals surface area contributed by atoms with E-state index in [0.29, 0.717) is 11.5 Å². The number of benzene rings is 1. The number of para-hydroxylation sites is 1. The molecule has 0 bridgehead atoms. The van der Waals surface area contributed by atoms with Crippen molar-refractivity contribution in [3.05, 3.63) is 46.7 Å². The molecule has 5 nitrogen and oxygen atoms in total. The number of rotatable bonds is 3. The highest BCUT2D eigenvalue weighted by molar-refractivity contribution is 7.08. The Hall–Kier alpha value is -2.28. The third kappa shape index (κ3) is 2.51. The van der Waals surface area contributed by atoms with E-state index in [1.807, 2.05) is 0 Å². The highest BCUT2D eigenvalue weighted by Crippen LogP contribution is 2.19. The van der Waals surface area contributed by atoms with Crippen molar-refractivity contribution in [1.82, 2.24) is 4.37 Å². The third-order valence-corrected chi connectivity index (χ3v) is 2.74. The maximum absolute atomic E-state index is 13.2. The second-order valence-corrected chi connectivity index (χ2v) is 4.01. The van der Waals surface area contributed by atoms with Gasteiger partial charge in [-0.15, -0.1) is 0 Å². The van der Waals surface area contributed by atoms with Gasteiger partial charge in [-0.1, -0.05) is 12.1 Å². The number of carbonyl (C=O) groups is 2. The fourth-order valence-corrected chi connectivity index (χ4v) is 1.76. The minimum Gasteiger partial charge on any atom is -0.476 e. The number of carbonyl (C=O) groups excluding carboxylic acids is 1. The van der Waals surface area contributed by atoms with E-state index in [9.17, 15) is 14.0 Å². The maximum atomic E-state index is 13.2. The predicted molar refractivity (Wildman–Crippen MR) is 60.4 cm³/mol. The molecule has 0 spiro atoms. The Morgan fingerprint density at radius 1 is 1.33 bits per heavy atom. The van der Waals surface area contributed by atoms with Gasteiger partial charge in [-0.25, -0.2) is 14.0 Å². The first kappa shape index (κ1) is 12.2. The number of nitrogens with zero attached hydrogens (tertiary/aromatic N) is 1. The van der Waals surface area contributed by atoms with Crippen LogP contribution in [0.5, 0.6) is 5.75 Å². The Labute approximate surface area is 105 Å². The fourth-order valence-electron chi connectivity index (χ4n) is 1.15. The molecule has 0 radical (unpaired) electrons. The van der Waals surface area contributed by atoms with Crippen LogP contribution in [0.3, 0.4) is 0 Å². The number of halogens is 1. The van der Waals surface area contributed by atoms with Crippen molar-refractivity contribution in [1.29, 1.82) is 0 Å². The molecule has 0 aliphatic rings. The lowest BCUT2D eigenvalue weighted by atomic mass is 10.3. The molecule has 0 aliphatic heterocycles. The first-order valence-corrected chi connectivity index (χ1v) is 5.52. The quantitative estimate of drug-likeness (QED) is 0.681. The predicted octanol–water partition coefficient (Wildman–Crippen LogP) is 2.20. The van der Waals surface area contributed by atoms with Crippen molar-refractivity contribution in [2.45, 2.75) is 0 Å². The van der Waals surface area contributed by atoms with E-state index < -0.39 is 17.8 Å². The molecule has 1 aromatic heterocycles. The molecule has 1 aromatic carbocycles. The molecule has 0 saturated heterocycles. The van der Waals surface area contributed by atoms with Gasteiger partial charge in [-0.2, -0.15) is 4.37 Å². The molecule has 0 saturated carbocycles. The molecular weight excluding hydrogens is 261 g/mol. The van der Waals surface area contributed by atoms with Crippen LogP contribution in [0, 0.1) is 5.82 Å². The molecule has 2 aromatic rings. The van der Waals surface area contributed by atoms with Crippen LogP contribution in [0.2, 0.25) is 0 Å². The molecule has 1 N–H and O–H groups in total. The number of carboxylic acids is 1. The van der Waals surface area contributed by atoms with Crippen LogP contribution in [0.15, 0.2) is 30.3 Å². The number of hydrogen-bond acceptors (Lipinski definition) is 5. The van der Waals surface area contributed by atoms with Gasteiger partial charge in [0.15, 0.2) is 17.3 Å². The van der Waals surface area contributed by atoms with Crippen molar-refractivity contribution >= 4 is 23.5 Å². The molecule has 18 heavy (non-hydrogen) atoms. The van der Waals surface area contributed by atoms with Gasteiger partial charge in [0, 0.05) is 0 Å². The van der Waals surface area contributed by atoms with Crippen molar-refractivity contribution in [3.63, 3.8) is 0 Å². The lowest BCUT2D eigenvalue weighted by Crippen LogP contribution is -2.07. The van der Waals surface area contributed by atoms with Crippen LogP contribution in [0.25, 0.3) is 0 Å². The minimum atomic E-state index is -1.24. The lowest BCUT2D eigenvalue weighted by Gasteiger charge is -2.02. The van der Waals surface area contributed by atoms with Gasteiger partial charge in [-0.3, -0.25) is 0 Å². The Morgan fingerprint density at radius 2 is 2.06 bits per heavy atom. The van der Waals surface area contributed by atoms with E-state index in [1.54, 1.807) is 0 Å². The summed E-state index contributed by atoms with van der Waals surface area (Å²) in [5.41, 5.74) is -0.250. The van der Waals surface area contributed by atoms with Crippen LogP contribution >= 0.6 is 11.5 Å². The van der Waals surface area contributed by atoms with E-state index >= 15 is 0 Å². The van der Waals surface area contributed by atoms with Gasteiger partial charge in [0.25, 0.3) is 0 Å². The average molecular weight is 267 g/mol. The smallest absolute Gasteiger partial charge is 0.355 e. The summed E-state index contributed by atoms with van der Waals surface area (Å²) in [7, 11) is 0. The van der Waals surface area contributed by atoms with Gasteiger partial charge in [0.2, 0.25) is 0 Å². The van der Waals surface area contributed by atoms with Crippen LogP contribution in [0.1, 0.15) is 20.2 Å². The summed E-state index contributed by atoms with van der Waals surface area (Å²) < 4.78 is 21.6. The highest BCUT2D eigenvalue weighted by atomic mass is 32.1. The highest BCUT2D eigenvalue weighted by Gasteiger charge is 2.17. The number of hydrogen-bond donors (Lipinski definition) is 1. The van der Waals surface area contributed by atoms with Gasteiger partial charge >= 0.3 is 11.9 Å². The number of esters is 1. The molecule has 0 fully saturated rings. The summed E-state index contributed by atoms with van der Waals surface area (Å²) in [4.78, 5) is 22.2. The summed E-state index contributed by atoms with van der Waals surface area (Å²) in [5.74, 6) is -2.97. The molecule has 1 heterocycles. The molecular formula is C11H6FNO4S. The second-order valence-electron chi connectivity index (χ2n) is 3.20. The Bertz CT molecular complexity index is 611. The lowest BCUT2D eigenvalue weighted by molar-refractivity contribution is 0.0691. The summed E-state index contributed by atoms with van der Waals surface area (Å²) in [6.45, 7) is 0. The van der Waals surface area contributed by atoms with Crippen molar-refractivity contribution < 1.29 is 23.8 Å². The molecule has 0 aliphatic carbocycles. The molecule has 2 rings (SSSR count). The molecule has 0 amide bonds. The number of aromatic nitrogens is 1. The van der Waals surface area contributed by atoms with Crippen molar-refractivity contribution in [2.75, 3.05) is 0 Å². The zero-order chi connectivity index (χ0) is 13.1. The standard InChI is InChI=1S/C11H6FNO4S/c12-6-3-1-2-4-8(6)17-11(16)9-5-7(10(14)15)13-18-9/h1-5H,(H,14,15). The van der Waals surface area contributed by atoms with E-state index in [4.69, 9.17) is 9.84 Å². The van der Waals surface area contributed by atoms with Crippen LogP contribution < -0.4 is 4.74 Å². The monoisotopic (exact) mass is 267 g/mol. The van der Waals surface area contributed by atoms with Gasteiger partial charge < -0.3 is 9.84 Å². The number of carboxylic acid groups (broad SMARTS) is 1. The average Bonchev–Trinajstić information content (AvgIpc) is 2.81. The molecule has 0 atom stereocenters. The summed E-state index contributed by atoms with van der Waals surface area (Å²) in [5, 5.41) is 8.65. The van der Waals surface area contributed by atoms with E-state index in [2.05, 4.69) is 4.37 Å². The number of aromatic carboxylic acids is 1. The van der Waals surface area contributed by atoms with Gasteiger partial charge in [-0.05, 0) is 29.7 Å². The fraction of sp³-hybridized carbons (Fsp3) is 0. The normalized spacial score (nSPS) is 10.1. The molecule has 92 valence electrons. The second kappa shape index (κ2) is 4.92. The van der Waals surface area contributed by atoms with Gasteiger partial charge in [0.05, 0.1) is 0 Å². The largest absolute Gasteiger partial charge is 0.476 e. The zero-order valence-corrected chi connectivity index (χ0v) is 9.61.